The van der Waals surface area contributed by atoms with E-state index >= 15 is 0 Å². The molecule has 1 amide bonds. The third-order valence-corrected chi connectivity index (χ3v) is 7.34. The first-order valence-corrected chi connectivity index (χ1v) is 14.2. The van der Waals surface area contributed by atoms with Crippen LogP contribution >= 0.6 is 7.60 Å². The van der Waals surface area contributed by atoms with Crippen molar-refractivity contribution in [3.8, 4) is 5.75 Å². The molecule has 7 N–H and O–H groups in total. The van der Waals surface area contributed by atoms with E-state index in [2.05, 4.69) is 5.32 Å². The summed E-state index contributed by atoms with van der Waals surface area (Å²) >= 11 is 0. The molecule has 0 aliphatic carbocycles. The number of sulfonamides is 1. The van der Waals surface area contributed by atoms with Gasteiger partial charge in [-0.3, -0.25) is 4.57 Å². The van der Waals surface area contributed by atoms with Gasteiger partial charge in [-0.15, -0.1) is 0 Å². The van der Waals surface area contributed by atoms with E-state index < -0.39 is 42.2 Å². The maximum atomic E-state index is 13.4. The fourth-order valence-corrected chi connectivity index (χ4v) is 5.32. The number of anilines is 1. The second kappa shape index (κ2) is 12.5. The Morgan fingerprint density at radius 1 is 1.08 bits per heavy atom. The number of benzene rings is 2. The molecular formula is C22H32N3O9PS. The Labute approximate surface area is 209 Å². The van der Waals surface area contributed by atoms with Crippen LogP contribution < -0.4 is 15.8 Å². The monoisotopic (exact) mass is 545 g/mol. The van der Waals surface area contributed by atoms with Crippen molar-refractivity contribution in [2.45, 2.75) is 37.3 Å². The SMILES string of the molecule is CC(C)CN(C[C@@H](O)[C@H](Cc1ccc(N)cc1)NC(=O)O)S(=O)(=O)c1ccc(OCP(=O)(O)O)cc1. The summed E-state index contributed by atoms with van der Waals surface area (Å²) in [4.78, 5) is 29.1. The molecule has 0 saturated carbocycles. The molecule has 36 heavy (non-hydrogen) atoms. The van der Waals surface area contributed by atoms with Crippen molar-refractivity contribution >= 4 is 29.4 Å². The van der Waals surface area contributed by atoms with Gasteiger partial charge in [0.15, 0.2) is 6.35 Å². The van der Waals surface area contributed by atoms with Gasteiger partial charge in [-0.05, 0) is 54.3 Å². The third kappa shape index (κ3) is 9.41. The van der Waals surface area contributed by atoms with Gasteiger partial charge in [0.05, 0.1) is 17.0 Å². The summed E-state index contributed by atoms with van der Waals surface area (Å²) in [5, 5.41) is 22.4. The van der Waals surface area contributed by atoms with Crippen molar-refractivity contribution in [2.75, 3.05) is 25.2 Å². The largest absolute Gasteiger partial charge is 0.481 e. The molecule has 0 aromatic heterocycles. The second-order valence-electron chi connectivity index (χ2n) is 8.69. The molecule has 0 aliphatic rings. The Morgan fingerprint density at radius 3 is 2.17 bits per heavy atom. The van der Waals surface area contributed by atoms with Gasteiger partial charge in [-0.2, -0.15) is 4.31 Å². The number of carbonyl (C=O) groups is 1. The first-order chi connectivity index (χ1) is 16.7. The van der Waals surface area contributed by atoms with E-state index in [1.807, 2.05) is 0 Å². The second-order valence-corrected chi connectivity index (χ2v) is 12.2. The minimum absolute atomic E-state index is 0.0531. The summed E-state index contributed by atoms with van der Waals surface area (Å²) in [6.07, 6.45) is -3.48. The van der Waals surface area contributed by atoms with Crippen molar-refractivity contribution < 1.29 is 42.5 Å². The number of nitrogens with zero attached hydrogens (tertiary/aromatic N) is 1. The molecule has 12 nitrogen and oxygen atoms in total. The van der Waals surface area contributed by atoms with Crippen LogP contribution in [0.15, 0.2) is 53.4 Å². The Kier molecular flexibility index (Phi) is 10.3. The van der Waals surface area contributed by atoms with Gasteiger partial charge in [0, 0.05) is 18.8 Å². The van der Waals surface area contributed by atoms with Crippen LogP contribution in [0.25, 0.3) is 0 Å². The van der Waals surface area contributed by atoms with Crippen LogP contribution in [0, 0.1) is 5.92 Å². The van der Waals surface area contributed by atoms with Gasteiger partial charge in [0.1, 0.15) is 5.75 Å². The van der Waals surface area contributed by atoms with E-state index in [-0.39, 0.29) is 36.1 Å². The average Bonchev–Trinajstić information content (AvgIpc) is 2.77. The fourth-order valence-electron chi connectivity index (χ4n) is 3.38. The number of rotatable bonds is 13. The zero-order valence-electron chi connectivity index (χ0n) is 19.9. The number of aliphatic hydroxyl groups is 1. The standard InChI is InChI=1S/C22H32N3O9PS/c1-15(2)12-25(36(32,33)19-9-7-18(8-10-19)34-14-35(29,30)31)13-21(26)20(24-22(27)28)11-16-3-5-17(23)6-4-16/h3-10,15,20-21,24,26H,11-14,23H2,1-2H3,(H,27,28)(H2,29,30,31)/t20-,21+/m0/s1. The zero-order chi connectivity index (χ0) is 27.1. The molecule has 0 aliphatic heterocycles. The molecular weight excluding hydrogens is 513 g/mol. The first kappa shape index (κ1) is 29.6. The van der Waals surface area contributed by atoms with Crippen LogP contribution in [-0.2, 0) is 21.0 Å². The highest BCUT2D eigenvalue weighted by Crippen LogP contribution is 2.34. The van der Waals surface area contributed by atoms with Crippen LogP contribution in [0.2, 0.25) is 0 Å². The van der Waals surface area contributed by atoms with Gasteiger partial charge in [-0.25, -0.2) is 13.2 Å². The predicted octanol–water partition coefficient (Wildman–Crippen LogP) is 1.67. The summed E-state index contributed by atoms with van der Waals surface area (Å²) in [6.45, 7) is 3.28. The van der Waals surface area contributed by atoms with E-state index in [0.717, 1.165) is 4.31 Å². The van der Waals surface area contributed by atoms with E-state index in [0.29, 0.717) is 11.3 Å². The molecule has 2 aromatic carbocycles. The number of hydrogen-bond donors (Lipinski definition) is 6. The Balaban J connectivity index is 2.25. The summed E-state index contributed by atoms with van der Waals surface area (Å²) in [5.41, 5.74) is 6.91. The maximum Gasteiger partial charge on any atom is 0.404 e. The van der Waals surface area contributed by atoms with Gasteiger partial charge in [0.25, 0.3) is 0 Å². The number of hydrogen-bond acceptors (Lipinski definition) is 7. The van der Waals surface area contributed by atoms with E-state index in [9.17, 15) is 28.0 Å². The van der Waals surface area contributed by atoms with Crippen molar-refractivity contribution in [1.29, 1.82) is 0 Å². The number of nitrogen functional groups attached to an aromatic ring is 1. The van der Waals surface area contributed by atoms with Crippen LogP contribution in [0.1, 0.15) is 19.4 Å². The molecule has 0 spiro atoms. The lowest BCUT2D eigenvalue weighted by atomic mass is 10.0. The molecule has 200 valence electrons. The number of nitrogens with two attached hydrogens (primary N) is 1. The summed E-state index contributed by atoms with van der Waals surface area (Å²) in [5.74, 6) is -0.0391. The number of aliphatic hydroxyl groups excluding tert-OH is 1. The highest BCUT2D eigenvalue weighted by Gasteiger charge is 2.31. The minimum atomic E-state index is -4.40. The Hall–Kier alpha value is -2.67. The maximum absolute atomic E-state index is 13.4. The fraction of sp³-hybridized carbons (Fsp3) is 0.409. The van der Waals surface area contributed by atoms with Crippen LogP contribution in [-0.4, -0.2) is 70.4 Å². The van der Waals surface area contributed by atoms with E-state index in [1.165, 1.54) is 24.3 Å². The molecule has 0 unspecified atom stereocenters. The molecule has 2 aromatic rings. The third-order valence-electron chi connectivity index (χ3n) is 5.03. The number of ether oxygens (including phenoxy) is 1. The molecule has 2 atom stereocenters. The molecule has 0 fully saturated rings. The van der Waals surface area contributed by atoms with Gasteiger partial charge in [0.2, 0.25) is 10.0 Å². The van der Waals surface area contributed by atoms with Crippen LogP contribution in [0.5, 0.6) is 5.75 Å². The Morgan fingerprint density at radius 2 is 1.67 bits per heavy atom. The van der Waals surface area contributed by atoms with Gasteiger partial charge >= 0.3 is 13.7 Å². The molecule has 0 heterocycles. The number of nitrogens with one attached hydrogen (secondary N) is 1. The lowest BCUT2D eigenvalue weighted by Crippen LogP contribution is -2.50. The quantitative estimate of drug-likeness (QED) is 0.159. The van der Waals surface area contributed by atoms with Gasteiger partial charge in [-0.1, -0.05) is 26.0 Å². The lowest BCUT2D eigenvalue weighted by molar-refractivity contribution is 0.0980. The van der Waals surface area contributed by atoms with Crippen molar-refractivity contribution in [3.63, 3.8) is 0 Å². The molecule has 0 radical (unpaired) electrons. The van der Waals surface area contributed by atoms with Crippen LogP contribution in [0.4, 0.5) is 10.5 Å². The predicted molar refractivity (Wildman–Crippen MR) is 133 cm³/mol. The van der Waals surface area contributed by atoms with Crippen molar-refractivity contribution in [3.05, 3.63) is 54.1 Å². The highest BCUT2D eigenvalue weighted by atomic mass is 32.2. The normalized spacial score (nSPS) is 14.0. The Bertz CT molecular complexity index is 1150. The van der Waals surface area contributed by atoms with Crippen molar-refractivity contribution in [2.24, 2.45) is 5.92 Å². The van der Waals surface area contributed by atoms with Crippen LogP contribution in [0.3, 0.4) is 0 Å². The molecule has 0 bridgehead atoms. The number of amides is 1. The first-order valence-electron chi connectivity index (χ1n) is 11.0. The average molecular weight is 546 g/mol. The molecule has 14 heteroatoms. The molecule has 0 saturated heterocycles. The topological polar surface area (TPSA) is 200 Å². The van der Waals surface area contributed by atoms with Crippen molar-refractivity contribution in [1.82, 2.24) is 9.62 Å². The smallest absolute Gasteiger partial charge is 0.404 e. The van der Waals surface area contributed by atoms with E-state index in [1.54, 1.807) is 38.1 Å². The molecule has 2 rings (SSSR count). The summed E-state index contributed by atoms with van der Waals surface area (Å²) in [7, 11) is -8.52. The minimum Gasteiger partial charge on any atom is -0.481 e. The lowest BCUT2D eigenvalue weighted by Gasteiger charge is -2.30. The zero-order valence-corrected chi connectivity index (χ0v) is 21.6. The summed E-state index contributed by atoms with van der Waals surface area (Å²) < 4.78 is 43.8. The highest BCUT2D eigenvalue weighted by molar-refractivity contribution is 7.89. The van der Waals surface area contributed by atoms with Gasteiger partial charge < -0.3 is 35.8 Å². The van der Waals surface area contributed by atoms with E-state index in [4.69, 9.17) is 20.3 Å². The number of carboxylic acid groups (broad SMARTS) is 1. The summed E-state index contributed by atoms with van der Waals surface area (Å²) in [6, 6.07) is 10.7.